The number of hydrogen-bond acceptors (Lipinski definition) is 6. The van der Waals surface area contributed by atoms with E-state index in [1.807, 2.05) is 19.9 Å². The number of para-hydroxylation sites is 1. The fraction of sp³-hybridized carbons (Fsp3) is 0.143. The summed E-state index contributed by atoms with van der Waals surface area (Å²) in [5, 5.41) is 0.917. The molecule has 0 atom stereocenters. The molecule has 1 heterocycles. The minimum absolute atomic E-state index is 0.0245. The Balaban J connectivity index is 1.62. The minimum Gasteiger partial charge on any atom is -0.457 e. The molecule has 3 aromatic carbocycles. The summed E-state index contributed by atoms with van der Waals surface area (Å²) in [6.07, 6.45) is 1.45. The molecule has 0 saturated carbocycles. The lowest BCUT2D eigenvalue weighted by Crippen LogP contribution is -2.31. The molecule has 0 radical (unpaired) electrons. The Kier molecular flexibility index (Phi) is 7.52. The normalized spacial score (nSPS) is 11.3. The van der Waals surface area contributed by atoms with Gasteiger partial charge in [0.15, 0.2) is 0 Å². The molecule has 7 nitrogen and oxygen atoms in total. The highest BCUT2D eigenvalue weighted by Crippen LogP contribution is 2.31. The number of fused-ring (bicyclic) bond motifs is 1. The Morgan fingerprint density at radius 2 is 1.84 bits per heavy atom. The van der Waals surface area contributed by atoms with E-state index in [1.165, 1.54) is 36.4 Å². The number of anilines is 1. The molecule has 0 saturated heterocycles. The quantitative estimate of drug-likeness (QED) is 0.160. The van der Waals surface area contributed by atoms with Crippen LogP contribution in [0.3, 0.4) is 0 Å². The molecule has 4 aromatic rings. The number of esters is 1. The van der Waals surface area contributed by atoms with Crippen molar-refractivity contribution in [3.05, 3.63) is 117 Å². The monoisotopic (exact) mass is 537 g/mol. The third kappa shape index (κ3) is 5.30. The zero-order chi connectivity index (χ0) is 26.7. The SMILES string of the molecule is C=CCN(c1ccccc1Cl)S(=O)(=O)c1cccc(C(=O)OCc2cc(=O)oc3c(C)c(C)ccc23)c1. The molecule has 0 aliphatic carbocycles. The van der Waals surface area contributed by atoms with E-state index in [2.05, 4.69) is 6.58 Å². The highest BCUT2D eigenvalue weighted by molar-refractivity contribution is 7.92. The highest BCUT2D eigenvalue weighted by Gasteiger charge is 2.26. The van der Waals surface area contributed by atoms with Crippen LogP contribution in [0.4, 0.5) is 5.69 Å². The molecule has 0 N–H and O–H groups in total. The van der Waals surface area contributed by atoms with Crippen LogP contribution >= 0.6 is 11.6 Å². The van der Waals surface area contributed by atoms with Crippen molar-refractivity contribution in [3.63, 3.8) is 0 Å². The number of aryl methyl sites for hydroxylation is 2. The molecule has 0 aliphatic rings. The Morgan fingerprint density at radius 3 is 2.57 bits per heavy atom. The summed E-state index contributed by atoms with van der Waals surface area (Å²) in [5.74, 6) is -0.740. The molecule has 0 spiro atoms. The van der Waals surface area contributed by atoms with E-state index >= 15 is 0 Å². The topological polar surface area (TPSA) is 93.9 Å². The van der Waals surface area contributed by atoms with Gasteiger partial charge in [0.25, 0.3) is 10.0 Å². The third-order valence-electron chi connectivity index (χ3n) is 5.95. The van der Waals surface area contributed by atoms with Crippen molar-refractivity contribution < 1.29 is 22.4 Å². The van der Waals surface area contributed by atoms with E-state index in [9.17, 15) is 18.0 Å². The van der Waals surface area contributed by atoms with Gasteiger partial charge in [-0.15, -0.1) is 6.58 Å². The minimum atomic E-state index is -4.09. The first-order valence-electron chi connectivity index (χ1n) is 11.3. The van der Waals surface area contributed by atoms with Gasteiger partial charge in [0.05, 0.1) is 27.7 Å². The van der Waals surface area contributed by atoms with Gasteiger partial charge in [-0.3, -0.25) is 4.31 Å². The summed E-state index contributed by atoms with van der Waals surface area (Å²) < 4.78 is 38.9. The van der Waals surface area contributed by atoms with Crippen LogP contribution < -0.4 is 9.93 Å². The number of sulfonamides is 1. The summed E-state index contributed by atoms with van der Waals surface area (Å²) in [4.78, 5) is 24.9. The number of ether oxygens (including phenoxy) is 1. The molecular weight excluding hydrogens is 514 g/mol. The number of halogens is 1. The summed E-state index contributed by atoms with van der Waals surface area (Å²) >= 11 is 6.26. The molecule has 0 unspecified atom stereocenters. The maximum Gasteiger partial charge on any atom is 0.338 e. The Labute approximate surface area is 219 Å². The molecule has 0 bridgehead atoms. The van der Waals surface area contributed by atoms with Crippen molar-refractivity contribution in [2.75, 3.05) is 10.8 Å². The fourth-order valence-electron chi connectivity index (χ4n) is 3.88. The van der Waals surface area contributed by atoms with E-state index in [-0.39, 0.29) is 34.3 Å². The maximum atomic E-state index is 13.5. The first kappa shape index (κ1) is 26.2. The van der Waals surface area contributed by atoms with Gasteiger partial charge in [-0.25, -0.2) is 18.0 Å². The standard InChI is InChI=1S/C28H24ClNO6S/c1-4-14-30(25-11-6-5-10-24(25)29)37(33,34)22-9-7-8-20(15-22)28(32)35-17-21-16-26(31)36-27-19(3)18(2)12-13-23(21)27/h4-13,15-16H,1,14,17H2,2-3H3. The van der Waals surface area contributed by atoms with Crippen LogP contribution in [-0.2, 0) is 21.4 Å². The molecule has 37 heavy (non-hydrogen) atoms. The summed E-state index contributed by atoms with van der Waals surface area (Å²) in [6.45, 7) is 7.19. The molecule has 4 rings (SSSR count). The van der Waals surface area contributed by atoms with Gasteiger partial charge in [-0.05, 0) is 55.3 Å². The highest BCUT2D eigenvalue weighted by atomic mass is 35.5. The molecule has 0 fully saturated rings. The van der Waals surface area contributed by atoms with Crippen LogP contribution in [-0.4, -0.2) is 20.9 Å². The molecule has 9 heteroatoms. The predicted molar refractivity (Wildman–Crippen MR) is 144 cm³/mol. The van der Waals surface area contributed by atoms with E-state index in [0.29, 0.717) is 16.5 Å². The second-order valence-corrected chi connectivity index (χ2v) is 10.6. The van der Waals surface area contributed by atoms with E-state index in [4.69, 9.17) is 20.8 Å². The summed E-state index contributed by atoms with van der Waals surface area (Å²) in [6, 6.07) is 17.1. The van der Waals surface area contributed by atoms with Crippen LogP contribution in [0.5, 0.6) is 0 Å². The van der Waals surface area contributed by atoms with Crippen LogP contribution in [0.1, 0.15) is 27.0 Å². The number of carbonyl (C=O) groups excluding carboxylic acids is 1. The zero-order valence-corrected chi connectivity index (χ0v) is 21.8. The zero-order valence-electron chi connectivity index (χ0n) is 20.2. The van der Waals surface area contributed by atoms with Crippen molar-refractivity contribution >= 4 is 44.3 Å². The Bertz CT molecular complexity index is 1680. The van der Waals surface area contributed by atoms with Gasteiger partial charge in [0.2, 0.25) is 0 Å². The summed E-state index contributed by atoms with van der Waals surface area (Å²) in [5.41, 5.74) is 2.49. The van der Waals surface area contributed by atoms with Crippen molar-refractivity contribution in [1.82, 2.24) is 0 Å². The van der Waals surface area contributed by atoms with Gasteiger partial charge >= 0.3 is 11.6 Å². The molecule has 0 aliphatic heterocycles. The van der Waals surface area contributed by atoms with Gasteiger partial charge < -0.3 is 9.15 Å². The van der Waals surface area contributed by atoms with Crippen molar-refractivity contribution in [1.29, 1.82) is 0 Å². The van der Waals surface area contributed by atoms with E-state index < -0.39 is 21.6 Å². The predicted octanol–water partition coefficient (Wildman–Crippen LogP) is 5.80. The second-order valence-electron chi connectivity index (χ2n) is 8.36. The van der Waals surface area contributed by atoms with Crippen molar-refractivity contribution in [2.24, 2.45) is 0 Å². The smallest absolute Gasteiger partial charge is 0.338 e. The summed E-state index contributed by atoms with van der Waals surface area (Å²) in [7, 11) is -4.09. The van der Waals surface area contributed by atoms with Crippen LogP contribution in [0, 0.1) is 13.8 Å². The molecular formula is C28H24ClNO6S. The lowest BCUT2D eigenvalue weighted by Gasteiger charge is -2.24. The first-order valence-corrected chi connectivity index (χ1v) is 13.1. The van der Waals surface area contributed by atoms with Crippen molar-refractivity contribution in [2.45, 2.75) is 25.3 Å². The van der Waals surface area contributed by atoms with Gasteiger partial charge in [0, 0.05) is 17.0 Å². The largest absolute Gasteiger partial charge is 0.457 e. The average molecular weight is 538 g/mol. The van der Waals surface area contributed by atoms with Crippen LogP contribution in [0.2, 0.25) is 5.02 Å². The number of carbonyl (C=O) groups is 1. The van der Waals surface area contributed by atoms with E-state index in [1.54, 1.807) is 30.3 Å². The third-order valence-corrected chi connectivity index (χ3v) is 8.05. The number of benzene rings is 3. The van der Waals surface area contributed by atoms with Gasteiger partial charge in [-0.1, -0.05) is 48.0 Å². The molecule has 1 aromatic heterocycles. The molecule has 190 valence electrons. The number of hydrogen-bond donors (Lipinski definition) is 0. The fourth-order valence-corrected chi connectivity index (χ4v) is 5.67. The number of rotatable bonds is 8. The average Bonchev–Trinajstić information content (AvgIpc) is 2.88. The van der Waals surface area contributed by atoms with Crippen LogP contribution in [0.25, 0.3) is 11.0 Å². The van der Waals surface area contributed by atoms with Gasteiger partial charge in [-0.2, -0.15) is 0 Å². The maximum absolute atomic E-state index is 13.5. The van der Waals surface area contributed by atoms with E-state index in [0.717, 1.165) is 15.4 Å². The van der Waals surface area contributed by atoms with Crippen molar-refractivity contribution in [3.8, 4) is 0 Å². The Morgan fingerprint density at radius 1 is 1.08 bits per heavy atom. The Hall–Kier alpha value is -3.88. The van der Waals surface area contributed by atoms with Gasteiger partial charge in [0.1, 0.15) is 12.2 Å². The second kappa shape index (κ2) is 10.6. The molecule has 0 amide bonds. The van der Waals surface area contributed by atoms with Crippen LogP contribution in [0.15, 0.2) is 93.5 Å². The number of nitrogens with zero attached hydrogens (tertiary/aromatic N) is 1. The first-order chi connectivity index (χ1) is 17.6. The lowest BCUT2D eigenvalue weighted by atomic mass is 10.0. The lowest BCUT2D eigenvalue weighted by molar-refractivity contribution is 0.0473.